The van der Waals surface area contributed by atoms with Gasteiger partial charge in [0.15, 0.2) is 0 Å². The average Bonchev–Trinajstić information content (AvgIpc) is 2.37. The third-order valence-corrected chi connectivity index (χ3v) is 3.26. The largest absolute Gasteiger partial charge is 0.398 e. The maximum Gasteiger partial charge on any atom is 0.260 e. The molecule has 0 atom stereocenters. The van der Waals surface area contributed by atoms with E-state index in [1.165, 1.54) is 17.0 Å². The molecule has 0 spiro atoms. The fraction of sp³-hybridized carbons (Fsp3) is 0.188. The molecule has 2 aromatic rings. The number of carbonyl (C=O) groups is 1. The Hall–Kier alpha value is -2.36. The highest BCUT2D eigenvalue weighted by molar-refractivity contribution is 6.09. The molecule has 0 saturated heterocycles. The molecule has 0 aliphatic heterocycles. The molecule has 2 N–H and O–H groups in total. The Morgan fingerprint density at radius 1 is 1.15 bits per heavy atom. The van der Waals surface area contributed by atoms with Gasteiger partial charge in [-0.3, -0.25) is 4.79 Å². The minimum absolute atomic E-state index is 0.145. The number of carbonyl (C=O) groups excluding carboxylic acids is 1. The van der Waals surface area contributed by atoms with Crippen molar-refractivity contribution in [1.29, 1.82) is 0 Å². The first-order chi connectivity index (χ1) is 9.40. The summed E-state index contributed by atoms with van der Waals surface area (Å²) in [7, 11) is 1.68. The molecule has 3 nitrogen and oxygen atoms in total. The molecule has 0 aliphatic carbocycles. The average molecular weight is 272 g/mol. The van der Waals surface area contributed by atoms with Crippen molar-refractivity contribution in [2.24, 2.45) is 0 Å². The third-order valence-electron chi connectivity index (χ3n) is 3.26. The van der Waals surface area contributed by atoms with Crippen LogP contribution in [0.25, 0.3) is 0 Å². The Bertz CT molecular complexity index is 668. The van der Waals surface area contributed by atoms with E-state index in [-0.39, 0.29) is 11.6 Å². The van der Waals surface area contributed by atoms with Crippen LogP contribution in [-0.2, 0) is 0 Å². The lowest BCUT2D eigenvalue weighted by molar-refractivity contribution is 0.0993. The van der Waals surface area contributed by atoms with E-state index in [9.17, 15) is 9.18 Å². The van der Waals surface area contributed by atoms with Crippen LogP contribution in [0.2, 0.25) is 0 Å². The summed E-state index contributed by atoms with van der Waals surface area (Å²) < 4.78 is 13.0. The van der Waals surface area contributed by atoms with Gasteiger partial charge >= 0.3 is 0 Å². The van der Waals surface area contributed by atoms with Gasteiger partial charge in [0.2, 0.25) is 0 Å². The zero-order valence-electron chi connectivity index (χ0n) is 11.8. The van der Waals surface area contributed by atoms with E-state index in [4.69, 9.17) is 5.73 Å². The number of anilines is 2. The molecule has 0 saturated carbocycles. The molecule has 0 aromatic heterocycles. The number of nitrogens with two attached hydrogens (primary N) is 1. The van der Waals surface area contributed by atoms with E-state index < -0.39 is 5.82 Å². The molecule has 4 heteroatoms. The van der Waals surface area contributed by atoms with Crippen molar-refractivity contribution in [3.05, 3.63) is 58.9 Å². The van der Waals surface area contributed by atoms with Gasteiger partial charge in [0.25, 0.3) is 5.91 Å². The second-order valence-electron chi connectivity index (χ2n) is 4.89. The summed E-state index contributed by atoms with van der Waals surface area (Å²) in [5.41, 5.74) is 9.10. The van der Waals surface area contributed by atoms with Gasteiger partial charge in [0.1, 0.15) is 5.82 Å². The summed E-state index contributed by atoms with van der Waals surface area (Å²) in [6.45, 7) is 3.94. The highest BCUT2D eigenvalue weighted by atomic mass is 19.1. The summed E-state index contributed by atoms with van der Waals surface area (Å²) in [4.78, 5) is 14.0. The van der Waals surface area contributed by atoms with E-state index in [0.717, 1.165) is 22.9 Å². The summed E-state index contributed by atoms with van der Waals surface area (Å²) >= 11 is 0. The van der Waals surface area contributed by atoms with Gasteiger partial charge in [-0.05, 0) is 43.7 Å². The number of aryl methyl sites for hydroxylation is 2. The van der Waals surface area contributed by atoms with Crippen LogP contribution >= 0.6 is 0 Å². The van der Waals surface area contributed by atoms with E-state index >= 15 is 0 Å². The number of benzene rings is 2. The Balaban J connectivity index is 2.37. The highest BCUT2D eigenvalue weighted by Gasteiger charge is 2.17. The van der Waals surface area contributed by atoms with Crippen molar-refractivity contribution < 1.29 is 9.18 Å². The molecular weight excluding hydrogens is 255 g/mol. The van der Waals surface area contributed by atoms with Gasteiger partial charge in [-0.2, -0.15) is 0 Å². The minimum Gasteiger partial charge on any atom is -0.398 e. The van der Waals surface area contributed by atoms with Crippen LogP contribution in [-0.4, -0.2) is 13.0 Å². The van der Waals surface area contributed by atoms with Gasteiger partial charge in [0.05, 0.1) is 5.56 Å². The lowest BCUT2D eigenvalue weighted by Gasteiger charge is -2.20. The first-order valence-corrected chi connectivity index (χ1v) is 6.30. The van der Waals surface area contributed by atoms with Crippen LogP contribution < -0.4 is 10.6 Å². The quantitative estimate of drug-likeness (QED) is 0.853. The molecule has 20 heavy (non-hydrogen) atoms. The van der Waals surface area contributed by atoms with E-state index in [1.54, 1.807) is 7.05 Å². The molecule has 1 amide bonds. The van der Waals surface area contributed by atoms with Crippen molar-refractivity contribution in [2.45, 2.75) is 13.8 Å². The number of halogens is 1. The predicted octanol–water partition coefficient (Wildman–Crippen LogP) is 3.30. The van der Waals surface area contributed by atoms with Gasteiger partial charge < -0.3 is 10.6 Å². The normalized spacial score (nSPS) is 10.4. The number of rotatable bonds is 2. The number of hydrogen-bond donors (Lipinski definition) is 1. The Kier molecular flexibility index (Phi) is 3.74. The third kappa shape index (κ3) is 2.64. The Labute approximate surface area is 117 Å². The lowest BCUT2D eigenvalue weighted by Crippen LogP contribution is -2.27. The van der Waals surface area contributed by atoms with Crippen molar-refractivity contribution in [1.82, 2.24) is 0 Å². The standard InChI is InChI=1S/C16H17FN2O/c1-10-4-7-15(11(2)8-10)19(3)16(20)13-6-5-12(17)9-14(13)18/h4-9H,18H2,1-3H3. The van der Waals surface area contributed by atoms with Crippen LogP contribution in [0.4, 0.5) is 15.8 Å². The summed E-state index contributed by atoms with van der Waals surface area (Å²) in [5.74, 6) is -0.706. The number of nitrogen functional groups attached to an aromatic ring is 1. The second kappa shape index (κ2) is 5.33. The summed E-state index contributed by atoms with van der Waals surface area (Å²) in [6, 6.07) is 9.64. The molecule has 0 radical (unpaired) electrons. The first kappa shape index (κ1) is 14.1. The van der Waals surface area contributed by atoms with Crippen molar-refractivity contribution in [2.75, 3.05) is 17.7 Å². The molecule has 0 unspecified atom stereocenters. The molecule has 104 valence electrons. The lowest BCUT2D eigenvalue weighted by atomic mass is 10.1. The van der Waals surface area contributed by atoms with Crippen LogP contribution in [0.15, 0.2) is 36.4 Å². The molecule has 2 aromatic carbocycles. The van der Waals surface area contributed by atoms with Gasteiger partial charge in [0, 0.05) is 18.4 Å². The van der Waals surface area contributed by atoms with Crippen molar-refractivity contribution >= 4 is 17.3 Å². The topological polar surface area (TPSA) is 46.3 Å². The molecule has 0 aliphatic rings. The van der Waals surface area contributed by atoms with Crippen LogP contribution in [0, 0.1) is 19.7 Å². The molecular formula is C16H17FN2O. The highest BCUT2D eigenvalue weighted by Crippen LogP contribution is 2.23. The fourth-order valence-electron chi connectivity index (χ4n) is 2.20. The Morgan fingerprint density at radius 2 is 1.85 bits per heavy atom. The predicted molar refractivity (Wildman–Crippen MR) is 79.5 cm³/mol. The van der Waals surface area contributed by atoms with Crippen LogP contribution in [0.1, 0.15) is 21.5 Å². The van der Waals surface area contributed by atoms with Crippen molar-refractivity contribution in [3.63, 3.8) is 0 Å². The summed E-state index contributed by atoms with van der Waals surface area (Å²) in [5, 5.41) is 0. The van der Waals surface area contributed by atoms with Gasteiger partial charge in [-0.25, -0.2) is 4.39 Å². The number of hydrogen-bond acceptors (Lipinski definition) is 2. The fourth-order valence-corrected chi connectivity index (χ4v) is 2.20. The monoisotopic (exact) mass is 272 g/mol. The summed E-state index contributed by atoms with van der Waals surface area (Å²) in [6.07, 6.45) is 0. The molecule has 0 heterocycles. The van der Waals surface area contributed by atoms with E-state index in [2.05, 4.69) is 0 Å². The smallest absolute Gasteiger partial charge is 0.260 e. The molecule has 0 fully saturated rings. The second-order valence-corrected chi connectivity index (χ2v) is 4.89. The Morgan fingerprint density at radius 3 is 2.45 bits per heavy atom. The van der Waals surface area contributed by atoms with E-state index in [1.807, 2.05) is 32.0 Å². The maximum absolute atomic E-state index is 13.0. The van der Waals surface area contributed by atoms with Gasteiger partial charge in [-0.1, -0.05) is 17.7 Å². The maximum atomic E-state index is 13.0. The van der Waals surface area contributed by atoms with Crippen molar-refractivity contribution in [3.8, 4) is 0 Å². The molecule has 0 bridgehead atoms. The zero-order valence-corrected chi connectivity index (χ0v) is 11.8. The number of amides is 1. The van der Waals surface area contributed by atoms with Crippen LogP contribution in [0.3, 0.4) is 0 Å². The minimum atomic E-state index is -0.451. The number of nitrogens with zero attached hydrogens (tertiary/aromatic N) is 1. The SMILES string of the molecule is Cc1ccc(N(C)C(=O)c2ccc(F)cc2N)c(C)c1. The van der Waals surface area contributed by atoms with Gasteiger partial charge in [-0.15, -0.1) is 0 Å². The first-order valence-electron chi connectivity index (χ1n) is 6.30. The van der Waals surface area contributed by atoms with Crippen LogP contribution in [0.5, 0.6) is 0 Å². The molecule has 2 rings (SSSR count). The van der Waals surface area contributed by atoms with E-state index in [0.29, 0.717) is 5.56 Å². The zero-order chi connectivity index (χ0) is 14.9.